The highest BCUT2D eigenvalue weighted by atomic mass is 32.1. The van der Waals surface area contributed by atoms with Crippen LogP contribution in [0.15, 0.2) is 58.8 Å². The maximum Gasteiger partial charge on any atom is 0.339 e. The number of hydrogen-bond donors (Lipinski definition) is 1. The van der Waals surface area contributed by atoms with Gasteiger partial charge in [0.2, 0.25) is 0 Å². The molecule has 2 heterocycles. The van der Waals surface area contributed by atoms with E-state index in [0.29, 0.717) is 28.5 Å². The Morgan fingerprint density at radius 1 is 1.23 bits per heavy atom. The first-order valence-corrected chi connectivity index (χ1v) is 8.84. The molecular formula is C19H15N3O3S. The van der Waals surface area contributed by atoms with Gasteiger partial charge in [-0.05, 0) is 22.9 Å². The molecule has 2 aromatic carbocycles. The number of esters is 1. The van der Waals surface area contributed by atoms with E-state index in [1.54, 1.807) is 12.3 Å². The Balaban J connectivity index is 1.70. The van der Waals surface area contributed by atoms with E-state index in [-0.39, 0.29) is 5.56 Å². The van der Waals surface area contributed by atoms with Crippen LogP contribution in [0.1, 0.15) is 16.1 Å². The summed E-state index contributed by atoms with van der Waals surface area (Å²) in [6.07, 6.45) is 1.70. The highest BCUT2D eigenvalue weighted by Crippen LogP contribution is 2.25. The van der Waals surface area contributed by atoms with Crippen molar-refractivity contribution in [3.63, 3.8) is 0 Å². The summed E-state index contributed by atoms with van der Waals surface area (Å²) < 4.78 is 6.40. The van der Waals surface area contributed by atoms with Crippen molar-refractivity contribution < 1.29 is 9.53 Å². The highest BCUT2D eigenvalue weighted by Gasteiger charge is 2.14. The van der Waals surface area contributed by atoms with Crippen LogP contribution in [0.4, 0.5) is 5.69 Å². The minimum Gasteiger partial charge on any atom is -0.465 e. The van der Waals surface area contributed by atoms with Crippen molar-refractivity contribution in [1.29, 1.82) is 0 Å². The Labute approximate surface area is 152 Å². The number of rotatable bonds is 4. The average Bonchev–Trinajstić information content (AvgIpc) is 3.14. The number of fused-ring (bicyclic) bond motifs is 2. The van der Waals surface area contributed by atoms with Gasteiger partial charge in [0.25, 0.3) is 5.56 Å². The van der Waals surface area contributed by atoms with Gasteiger partial charge in [-0.15, -0.1) is 11.3 Å². The quantitative estimate of drug-likeness (QED) is 0.562. The predicted molar refractivity (Wildman–Crippen MR) is 102 cm³/mol. The molecule has 0 atom stereocenters. The molecule has 0 radical (unpaired) electrons. The molecule has 0 fully saturated rings. The van der Waals surface area contributed by atoms with Crippen LogP contribution in [0.25, 0.3) is 15.7 Å². The predicted octanol–water partition coefficient (Wildman–Crippen LogP) is 3.31. The van der Waals surface area contributed by atoms with Crippen LogP contribution < -0.4 is 10.9 Å². The van der Waals surface area contributed by atoms with Gasteiger partial charge in [-0.3, -0.25) is 9.20 Å². The third kappa shape index (κ3) is 2.93. The first-order chi connectivity index (χ1) is 12.7. The van der Waals surface area contributed by atoms with Gasteiger partial charge in [0.15, 0.2) is 4.96 Å². The molecule has 0 saturated heterocycles. The zero-order chi connectivity index (χ0) is 18.1. The van der Waals surface area contributed by atoms with Gasteiger partial charge in [0.1, 0.15) is 0 Å². The van der Waals surface area contributed by atoms with Crippen LogP contribution >= 0.6 is 11.3 Å². The zero-order valence-corrected chi connectivity index (χ0v) is 14.7. The fourth-order valence-corrected chi connectivity index (χ4v) is 3.57. The lowest BCUT2D eigenvalue weighted by Gasteiger charge is -2.12. The van der Waals surface area contributed by atoms with Crippen molar-refractivity contribution in [1.82, 2.24) is 9.38 Å². The van der Waals surface area contributed by atoms with E-state index in [9.17, 15) is 9.59 Å². The first kappa shape index (κ1) is 16.3. The van der Waals surface area contributed by atoms with Crippen molar-refractivity contribution in [2.75, 3.05) is 12.4 Å². The Morgan fingerprint density at radius 2 is 2.00 bits per heavy atom. The summed E-state index contributed by atoms with van der Waals surface area (Å²) in [5.74, 6) is -0.417. The molecule has 7 heteroatoms. The fourth-order valence-electron chi connectivity index (χ4n) is 2.83. The number of hydrogen-bond acceptors (Lipinski definition) is 6. The van der Waals surface area contributed by atoms with Crippen molar-refractivity contribution in [2.45, 2.75) is 6.54 Å². The van der Waals surface area contributed by atoms with Crippen LogP contribution in [-0.4, -0.2) is 22.5 Å². The van der Waals surface area contributed by atoms with E-state index in [2.05, 4.69) is 10.3 Å². The Morgan fingerprint density at radius 3 is 2.77 bits per heavy atom. The number of carbonyl (C=O) groups is 1. The van der Waals surface area contributed by atoms with Gasteiger partial charge in [-0.1, -0.05) is 24.3 Å². The summed E-state index contributed by atoms with van der Waals surface area (Å²) in [4.78, 5) is 29.4. The molecule has 0 amide bonds. The molecule has 2 aromatic heterocycles. The summed E-state index contributed by atoms with van der Waals surface area (Å²) in [6.45, 7) is 0.325. The molecule has 6 nitrogen and oxygen atoms in total. The maximum absolute atomic E-state index is 12.2. The monoisotopic (exact) mass is 365 g/mol. The number of nitrogens with zero attached hydrogens (tertiary/aromatic N) is 2. The fraction of sp³-hybridized carbons (Fsp3) is 0.105. The van der Waals surface area contributed by atoms with E-state index >= 15 is 0 Å². The number of nitrogens with one attached hydrogen (secondary N) is 1. The topological polar surface area (TPSA) is 72.7 Å². The number of carbonyl (C=O) groups excluding carboxylic acids is 1. The van der Waals surface area contributed by atoms with Gasteiger partial charge >= 0.3 is 5.97 Å². The summed E-state index contributed by atoms with van der Waals surface area (Å²) in [5, 5.41) is 6.99. The van der Waals surface area contributed by atoms with E-state index in [1.165, 1.54) is 28.9 Å². The minimum atomic E-state index is -0.417. The number of aromatic nitrogens is 2. The summed E-state index contributed by atoms with van der Waals surface area (Å²) in [7, 11) is 1.36. The van der Waals surface area contributed by atoms with E-state index in [1.807, 2.05) is 35.7 Å². The molecular weight excluding hydrogens is 350 g/mol. The van der Waals surface area contributed by atoms with E-state index in [0.717, 1.165) is 10.8 Å². The van der Waals surface area contributed by atoms with Crippen molar-refractivity contribution in [3.8, 4) is 0 Å². The molecule has 0 aliphatic heterocycles. The molecule has 0 saturated carbocycles. The second-order valence-electron chi connectivity index (χ2n) is 5.73. The molecule has 1 N–H and O–H groups in total. The van der Waals surface area contributed by atoms with Crippen LogP contribution in [-0.2, 0) is 11.3 Å². The van der Waals surface area contributed by atoms with Crippen LogP contribution in [0.3, 0.4) is 0 Å². The Kier molecular flexibility index (Phi) is 4.14. The summed E-state index contributed by atoms with van der Waals surface area (Å²) in [5.41, 5.74) is 1.57. The van der Waals surface area contributed by atoms with Crippen molar-refractivity contribution >= 4 is 38.7 Å². The molecule has 4 aromatic rings. The number of thiazole rings is 1. The van der Waals surface area contributed by atoms with Gasteiger partial charge in [-0.2, -0.15) is 0 Å². The summed E-state index contributed by atoms with van der Waals surface area (Å²) in [6, 6.07) is 13.0. The number of benzene rings is 2. The molecule has 0 aliphatic carbocycles. The van der Waals surface area contributed by atoms with E-state index in [4.69, 9.17) is 4.74 Å². The largest absolute Gasteiger partial charge is 0.465 e. The standard InChI is InChI=1S/C19H15N3O3S/c1-25-18(24)15-8-12-4-2-3-5-13(12)9-16(15)20-11-14-10-17(23)22-6-7-26-19(22)21-14/h2-10,20H,11H2,1H3. The molecule has 0 unspecified atom stereocenters. The second kappa shape index (κ2) is 6.61. The summed E-state index contributed by atoms with van der Waals surface area (Å²) >= 11 is 1.40. The Hall–Kier alpha value is -3.19. The third-order valence-electron chi connectivity index (χ3n) is 4.11. The lowest BCUT2D eigenvalue weighted by atomic mass is 10.0. The molecule has 0 bridgehead atoms. The lowest BCUT2D eigenvalue weighted by Crippen LogP contribution is -2.15. The number of methoxy groups -OCH3 is 1. The van der Waals surface area contributed by atoms with Gasteiger partial charge < -0.3 is 10.1 Å². The van der Waals surface area contributed by atoms with E-state index < -0.39 is 5.97 Å². The van der Waals surface area contributed by atoms with Crippen molar-refractivity contribution in [3.05, 3.63) is 75.7 Å². The molecule has 26 heavy (non-hydrogen) atoms. The highest BCUT2D eigenvalue weighted by molar-refractivity contribution is 7.15. The molecule has 0 aliphatic rings. The molecule has 0 spiro atoms. The van der Waals surface area contributed by atoms with Gasteiger partial charge in [0, 0.05) is 23.3 Å². The number of ether oxygens (including phenoxy) is 1. The van der Waals surface area contributed by atoms with Crippen LogP contribution in [0.5, 0.6) is 0 Å². The minimum absolute atomic E-state index is 0.125. The van der Waals surface area contributed by atoms with Crippen molar-refractivity contribution in [2.24, 2.45) is 0 Å². The number of anilines is 1. The van der Waals surface area contributed by atoms with Crippen LogP contribution in [0, 0.1) is 0 Å². The normalized spacial score (nSPS) is 11.0. The van der Waals surface area contributed by atoms with Gasteiger partial charge in [-0.25, -0.2) is 9.78 Å². The van der Waals surface area contributed by atoms with Crippen LogP contribution in [0.2, 0.25) is 0 Å². The first-order valence-electron chi connectivity index (χ1n) is 7.96. The smallest absolute Gasteiger partial charge is 0.339 e. The average molecular weight is 365 g/mol. The maximum atomic E-state index is 12.2. The second-order valence-corrected chi connectivity index (χ2v) is 6.60. The third-order valence-corrected chi connectivity index (χ3v) is 4.86. The van der Waals surface area contributed by atoms with Gasteiger partial charge in [0.05, 0.1) is 24.9 Å². The zero-order valence-electron chi connectivity index (χ0n) is 13.9. The SMILES string of the molecule is COC(=O)c1cc2ccccc2cc1NCc1cc(=O)n2ccsc2n1. The molecule has 130 valence electrons. The Bertz CT molecular complexity index is 1180. The molecule has 4 rings (SSSR count). The lowest BCUT2D eigenvalue weighted by molar-refractivity contribution is 0.0602.